The van der Waals surface area contributed by atoms with Crippen LogP contribution in [-0.2, 0) is 11.2 Å². The number of benzene rings is 1. The first-order chi connectivity index (χ1) is 9.72. The van der Waals surface area contributed by atoms with Crippen molar-refractivity contribution in [2.24, 2.45) is 5.73 Å². The lowest BCUT2D eigenvalue weighted by atomic mass is 9.96. The number of nitrogens with two attached hydrogens (primary N) is 1. The Bertz CT molecular complexity index is 466. The number of rotatable bonds is 4. The summed E-state index contributed by atoms with van der Waals surface area (Å²) >= 11 is 0. The molecule has 1 atom stereocenters. The van der Waals surface area contributed by atoms with Gasteiger partial charge in [-0.05, 0) is 52.2 Å². The molecule has 3 heteroatoms. The van der Waals surface area contributed by atoms with E-state index in [2.05, 4.69) is 63.8 Å². The zero-order valence-corrected chi connectivity index (χ0v) is 14.1. The Hall–Kier alpha value is -1.06. The molecule has 118 valence electrons. The summed E-state index contributed by atoms with van der Waals surface area (Å²) in [6.45, 7) is 12.6. The van der Waals surface area contributed by atoms with Gasteiger partial charge in [-0.25, -0.2) is 0 Å². The van der Waals surface area contributed by atoms with Crippen LogP contribution < -0.4 is 10.6 Å². The lowest BCUT2D eigenvalue weighted by molar-refractivity contribution is -0.133. The van der Waals surface area contributed by atoms with Crippen LogP contribution >= 0.6 is 0 Å². The van der Waals surface area contributed by atoms with Gasteiger partial charge in [0.1, 0.15) is 0 Å². The van der Waals surface area contributed by atoms with Gasteiger partial charge in [0.05, 0.1) is 11.2 Å². The molecule has 0 radical (unpaired) electrons. The topological polar surface area (TPSA) is 38.5 Å². The van der Waals surface area contributed by atoms with E-state index in [1.165, 1.54) is 11.3 Å². The Morgan fingerprint density at radius 1 is 1.14 bits per heavy atom. The van der Waals surface area contributed by atoms with Crippen molar-refractivity contribution in [3.05, 3.63) is 29.8 Å². The molecule has 0 aromatic heterocycles. The van der Waals surface area contributed by atoms with Crippen LogP contribution in [0.25, 0.3) is 0 Å². The van der Waals surface area contributed by atoms with E-state index in [1.807, 2.05) is 0 Å². The van der Waals surface area contributed by atoms with Crippen LogP contribution in [0.2, 0.25) is 0 Å². The second-order valence-corrected chi connectivity index (χ2v) is 7.48. The summed E-state index contributed by atoms with van der Waals surface area (Å²) in [4.78, 5) is 2.46. The molecule has 1 aromatic carbocycles. The van der Waals surface area contributed by atoms with E-state index in [0.717, 1.165) is 25.9 Å². The smallest absolute Gasteiger partial charge is 0.0808 e. The van der Waals surface area contributed by atoms with Gasteiger partial charge in [-0.3, -0.25) is 0 Å². The van der Waals surface area contributed by atoms with Crippen molar-refractivity contribution < 1.29 is 4.74 Å². The summed E-state index contributed by atoms with van der Waals surface area (Å²) in [5.74, 6) is 0. The third-order valence-corrected chi connectivity index (χ3v) is 4.03. The predicted molar refractivity (Wildman–Crippen MR) is 89.9 cm³/mol. The largest absolute Gasteiger partial charge is 0.366 e. The second kappa shape index (κ2) is 5.98. The fourth-order valence-corrected chi connectivity index (χ4v) is 3.38. The highest BCUT2D eigenvalue weighted by molar-refractivity contribution is 5.55. The zero-order chi connectivity index (χ0) is 15.7. The van der Waals surface area contributed by atoms with Crippen molar-refractivity contribution >= 4 is 5.69 Å². The monoisotopic (exact) mass is 290 g/mol. The molecule has 1 aliphatic rings. The standard InChI is InChI=1S/C18H30N2O/c1-6-15(19)11-14-9-7-8-10-16(14)20-12-17(2,3)21-18(4,5)13-20/h7-10,15H,6,11-13,19H2,1-5H3. The molecule has 0 amide bonds. The quantitative estimate of drug-likeness (QED) is 0.924. The molecule has 1 aromatic rings. The van der Waals surface area contributed by atoms with Gasteiger partial charge in [-0.15, -0.1) is 0 Å². The number of morpholine rings is 1. The van der Waals surface area contributed by atoms with E-state index in [0.29, 0.717) is 0 Å². The number of ether oxygens (including phenoxy) is 1. The number of nitrogens with zero attached hydrogens (tertiary/aromatic N) is 1. The van der Waals surface area contributed by atoms with Crippen LogP contribution in [0.5, 0.6) is 0 Å². The molecule has 0 saturated carbocycles. The highest BCUT2D eigenvalue weighted by Crippen LogP contribution is 2.33. The lowest BCUT2D eigenvalue weighted by Gasteiger charge is -2.48. The van der Waals surface area contributed by atoms with Gasteiger partial charge in [0.15, 0.2) is 0 Å². The van der Waals surface area contributed by atoms with E-state index >= 15 is 0 Å². The summed E-state index contributed by atoms with van der Waals surface area (Å²) in [7, 11) is 0. The fourth-order valence-electron chi connectivity index (χ4n) is 3.38. The van der Waals surface area contributed by atoms with Gasteiger partial charge >= 0.3 is 0 Å². The number of para-hydroxylation sites is 1. The van der Waals surface area contributed by atoms with Gasteiger partial charge in [-0.2, -0.15) is 0 Å². The van der Waals surface area contributed by atoms with Crippen LogP contribution in [0.4, 0.5) is 5.69 Å². The van der Waals surface area contributed by atoms with Crippen molar-refractivity contribution in [3.63, 3.8) is 0 Å². The zero-order valence-electron chi connectivity index (χ0n) is 14.1. The van der Waals surface area contributed by atoms with Gasteiger partial charge in [-0.1, -0.05) is 25.1 Å². The Labute approximate surface area is 129 Å². The molecule has 3 nitrogen and oxygen atoms in total. The molecule has 1 fully saturated rings. The third kappa shape index (κ3) is 4.21. The van der Waals surface area contributed by atoms with Crippen molar-refractivity contribution in [1.82, 2.24) is 0 Å². The average molecular weight is 290 g/mol. The van der Waals surface area contributed by atoms with E-state index in [1.54, 1.807) is 0 Å². The summed E-state index contributed by atoms with van der Waals surface area (Å²) in [6.07, 6.45) is 1.94. The molecular weight excluding hydrogens is 260 g/mol. The van der Waals surface area contributed by atoms with Crippen molar-refractivity contribution in [2.45, 2.75) is 64.7 Å². The minimum Gasteiger partial charge on any atom is -0.366 e. The van der Waals surface area contributed by atoms with Crippen LogP contribution in [-0.4, -0.2) is 30.3 Å². The second-order valence-electron chi connectivity index (χ2n) is 7.48. The SMILES string of the molecule is CCC(N)Cc1ccccc1N1CC(C)(C)OC(C)(C)C1. The minimum absolute atomic E-state index is 0.137. The normalized spacial score (nSPS) is 22.1. The molecule has 0 spiro atoms. The molecule has 0 bridgehead atoms. The van der Waals surface area contributed by atoms with Gasteiger partial charge in [0.2, 0.25) is 0 Å². The minimum atomic E-state index is -0.137. The average Bonchev–Trinajstić information content (AvgIpc) is 2.35. The summed E-state index contributed by atoms with van der Waals surface area (Å²) in [5.41, 5.74) is 8.55. The van der Waals surface area contributed by atoms with E-state index in [-0.39, 0.29) is 17.2 Å². The van der Waals surface area contributed by atoms with Gasteiger partial charge < -0.3 is 15.4 Å². The molecule has 1 unspecified atom stereocenters. The summed E-state index contributed by atoms with van der Waals surface area (Å²) < 4.78 is 6.19. The van der Waals surface area contributed by atoms with Gasteiger partial charge in [0.25, 0.3) is 0 Å². The number of anilines is 1. The predicted octanol–water partition coefficient (Wildman–Crippen LogP) is 3.36. The van der Waals surface area contributed by atoms with Crippen LogP contribution in [0, 0.1) is 0 Å². The lowest BCUT2D eigenvalue weighted by Crippen LogP contribution is -2.57. The molecule has 1 aliphatic heterocycles. The van der Waals surface area contributed by atoms with Crippen LogP contribution in [0.15, 0.2) is 24.3 Å². The van der Waals surface area contributed by atoms with Crippen LogP contribution in [0.3, 0.4) is 0 Å². The van der Waals surface area contributed by atoms with E-state index in [4.69, 9.17) is 10.5 Å². The van der Waals surface area contributed by atoms with Gasteiger partial charge in [0, 0.05) is 24.8 Å². The van der Waals surface area contributed by atoms with E-state index < -0.39 is 0 Å². The van der Waals surface area contributed by atoms with Crippen molar-refractivity contribution in [3.8, 4) is 0 Å². The molecule has 1 saturated heterocycles. The maximum atomic E-state index is 6.19. The summed E-state index contributed by atoms with van der Waals surface area (Å²) in [5, 5.41) is 0. The Kier molecular flexibility index (Phi) is 4.64. The Morgan fingerprint density at radius 2 is 1.71 bits per heavy atom. The third-order valence-electron chi connectivity index (χ3n) is 4.03. The molecule has 2 N–H and O–H groups in total. The van der Waals surface area contributed by atoms with E-state index in [9.17, 15) is 0 Å². The first kappa shape index (κ1) is 16.3. The van der Waals surface area contributed by atoms with Crippen molar-refractivity contribution in [1.29, 1.82) is 0 Å². The fraction of sp³-hybridized carbons (Fsp3) is 0.667. The number of hydrogen-bond donors (Lipinski definition) is 1. The molecule has 21 heavy (non-hydrogen) atoms. The first-order valence-electron chi connectivity index (χ1n) is 8.01. The highest BCUT2D eigenvalue weighted by atomic mass is 16.5. The molecule has 0 aliphatic carbocycles. The molecular formula is C18H30N2O. The number of hydrogen-bond acceptors (Lipinski definition) is 3. The molecule has 1 heterocycles. The van der Waals surface area contributed by atoms with Crippen LogP contribution in [0.1, 0.15) is 46.6 Å². The Balaban J connectivity index is 2.28. The first-order valence-corrected chi connectivity index (χ1v) is 8.01. The summed E-state index contributed by atoms with van der Waals surface area (Å²) in [6, 6.07) is 8.88. The molecule has 2 rings (SSSR count). The maximum absolute atomic E-state index is 6.19. The maximum Gasteiger partial charge on any atom is 0.0808 e. The highest BCUT2D eigenvalue weighted by Gasteiger charge is 2.38. The van der Waals surface area contributed by atoms with Crippen molar-refractivity contribution in [2.75, 3.05) is 18.0 Å². The Morgan fingerprint density at radius 3 is 2.29 bits per heavy atom.